The summed E-state index contributed by atoms with van der Waals surface area (Å²) in [6, 6.07) is 0. The number of hydrogen-bond acceptors (Lipinski definition) is 5. The van der Waals surface area contributed by atoms with E-state index in [1.54, 1.807) is 13.0 Å². The van der Waals surface area contributed by atoms with E-state index in [-0.39, 0.29) is 40.5 Å². The SMILES string of the molecule is CC(=O)O[C@@]1(C(C)=O)CC[C@@H]2[C@H]3CC(=O)C4=CC(=O)[C@H]5C[C@H]5[C@@]4(C)[C@@H]3CC[C@]21C. The van der Waals surface area contributed by atoms with Gasteiger partial charge < -0.3 is 4.74 Å². The van der Waals surface area contributed by atoms with Crippen molar-refractivity contribution in [1.29, 1.82) is 0 Å². The fourth-order valence-electron chi connectivity index (χ4n) is 8.33. The van der Waals surface area contributed by atoms with Crippen LogP contribution in [0.25, 0.3) is 0 Å². The van der Waals surface area contributed by atoms with Crippen molar-refractivity contribution in [3.05, 3.63) is 11.6 Å². The third kappa shape index (κ3) is 2.17. The zero-order valence-electron chi connectivity index (χ0n) is 17.7. The minimum absolute atomic E-state index is 0.0735. The molecule has 5 aliphatic rings. The van der Waals surface area contributed by atoms with Gasteiger partial charge in [-0.05, 0) is 68.8 Å². The number of ketones is 3. The van der Waals surface area contributed by atoms with Gasteiger partial charge in [-0.25, -0.2) is 0 Å². The van der Waals surface area contributed by atoms with E-state index in [0.29, 0.717) is 24.7 Å². The van der Waals surface area contributed by atoms with E-state index in [1.165, 1.54) is 6.92 Å². The summed E-state index contributed by atoms with van der Waals surface area (Å²) >= 11 is 0. The van der Waals surface area contributed by atoms with Gasteiger partial charge in [-0.15, -0.1) is 0 Å². The van der Waals surface area contributed by atoms with Crippen LogP contribution in [0.3, 0.4) is 0 Å². The summed E-state index contributed by atoms with van der Waals surface area (Å²) in [6.07, 6.45) is 6.09. The molecule has 0 aromatic carbocycles. The second-order valence-corrected chi connectivity index (χ2v) is 10.7. The molecule has 5 nitrogen and oxygen atoms in total. The predicted molar refractivity (Wildman–Crippen MR) is 105 cm³/mol. The van der Waals surface area contributed by atoms with Gasteiger partial charge in [0.15, 0.2) is 23.0 Å². The van der Waals surface area contributed by atoms with Crippen LogP contribution in [-0.2, 0) is 23.9 Å². The Labute approximate surface area is 171 Å². The topological polar surface area (TPSA) is 77.5 Å². The van der Waals surface area contributed by atoms with Crippen LogP contribution in [-0.4, -0.2) is 28.9 Å². The van der Waals surface area contributed by atoms with Crippen LogP contribution in [0.1, 0.15) is 66.2 Å². The van der Waals surface area contributed by atoms with Crippen LogP contribution in [0.5, 0.6) is 0 Å². The minimum Gasteiger partial charge on any atom is -0.451 e. The Balaban J connectivity index is 1.56. The number of allylic oxidation sites excluding steroid dienone is 1. The molecule has 0 heterocycles. The molecule has 5 rings (SSSR count). The highest BCUT2D eigenvalue weighted by molar-refractivity contribution is 6.08. The molecule has 0 bridgehead atoms. The van der Waals surface area contributed by atoms with Crippen LogP contribution in [0.15, 0.2) is 11.6 Å². The van der Waals surface area contributed by atoms with E-state index >= 15 is 0 Å². The van der Waals surface area contributed by atoms with Crippen molar-refractivity contribution in [2.24, 2.45) is 40.4 Å². The number of ether oxygens (including phenoxy) is 1. The summed E-state index contributed by atoms with van der Waals surface area (Å²) in [5.41, 5.74) is -0.958. The van der Waals surface area contributed by atoms with Crippen molar-refractivity contribution in [1.82, 2.24) is 0 Å². The average Bonchev–Trinajstić information content (AvgIpc) is 3.39. The highest BCUT2D eigenvalue weighted by atomic mass is 16.6. The predicted octanol–water partition coefficient (Wildman–Crippen LogP) is 3.44. The van der Waals surface area contributed by atoms with E-state index in [1.807, 2.05) is 0 Å². The van der Waals surface area contributed by atoms with Gasteiger partial charge in [0.2, 0.25) is 0 Å². The Hall–Kier alpha value is -1.78. The standard InChI is InChI=1S/C24H30O5/c1-12(25)24(29-13(2)26)8-6-16-14-10-21(28)19-11-20(27)15-9-18(15)23(19,4)17(14)5-7-22(16,24)3/h11,14-18H,5-10H2,1-4H3/t14-,15+,16-,17-,18-,22-,23-,24-/m1/s1. The average molecular weight is 398 g/mol. The molecule has 0 aliphatic heterocycles. The first-order chi connectivity index (χ1) is 13.6. The van der Waals surface area contributed by atoms with Gasteiger partial charge >= 0.3 is 5.97 Å². The molecule has 5 heteroatoms. The molecular weight excluding hydrogens is 368 g/mol. The summed E-state index contributed by atoms with van der Waals surface area (Å²) in [7, 11) is 0. The summed E-state index contributed by atoms with van der Waals surface area (Å²) in [5.74, 6) is 0.895. The van der Waals surface area contributed by atoms with Crippen LogP contribution in [0, 0.1) is 40.4 Å². The first-order valence-electron chi connectivity index (χ1n) is 11.1. The minimum atomic E-state index is -1.07. The number of Topliss-reactive ketones (excluding diaryl/α,β-unsaturated/α-hetero) is 2. The molecule has 0 spiro atoms. The lowest BCUT2D eigenvalue weighted by atomic mass is 9.45. The zero-order valence-corrected chi connectivity index (χ0v) is 17.7. The Morgan fingerprint density at radius 3 is 2.38 bits per heavy atom. The second kappa shape index (κ2) is 5.67. The monoisotopic (exact) mass is 398 g/mol. The maximum Gasteiger partial charge on any atom is 0.303 e. The number of fused-ring (bicyclic) bond motifs is 7. The molecule has 0 N–H and O–H groups in total. The highest BCUT2D eigenvalue weighted by Crippen LogP contribution is 2.72. The molecule has 0 saturated heterocycles. The number of carbonyl (C=O) groups excluding carboxylic acids is 4. The molecule has 156 valence electrons. The van der Waals surface area contributed by atoms with Crippen molar-refractivity contribution < 1.29 is 23.9 Å². The van der Waals surface area contributed by atoms with Crippen molar-refractivity contribution in [2.75, 3.05) is 0 Å². The van der Waals surface area contributed by atoms with Gasteiger partial charge in [-0.2, -0.15) is 0 Å². The summed E-state index contributed by atoms with van der Waals surface area (Å²) in [5, 5.41) is 0. The zero-order chi connectivity index (χ0) is 20.9. The summed E-state index contributed by atoms with van der Waals surface area (Å²) in [4.78, 5) is 50.2. The lowest BCUT2D eigenvalue weighted by molar-refractivity contribution is -0.187. The second-order valence-electron chi connectivity index (χ2n) is 10.7. The molecule has 0 radical (unpaired) electrons. The largest absolute Gasteiger partial charge is 0.451 e. The number of rotatable bonds is 2. The fraction of sp³-hybridized carbons (Fsp3) is 0.750. The molecule has 4 saturated carbocycles. The third-order valence-electron chi connectivity index (χ3n) is 9.73. The molecule has 0 aromatic heterocycles. The first-order valence-corrected chi connectivity index (χ1v) is 11.1. The van der Waals surface area contributed by atoms with Crippen LogP contribution < -0.4 is 0 Å². The quantitative estimate of drug-likeness (QED) is 0.666. The molecule has 4 fully saturated rings. The van der Waals surface area contributed by atoms with Crippen molar-refractivity contribution in [3.8, 4) is 0 Å². The van der Waals surface area contributed by atoms with Crippen molar-refractivity contribution in [2.45, 2.75) is 71.8 Å². The third-order valence-corrected chi connectivity index (χ3v) is 9.73. The number of hydrogen-bond donors (Lipinski definition) is 0. The van der Waals surface area contributed by atoms with Crippen molar-refractivity contribution >= 4 is 23.3 Å². The normalized spacial score (nSPS) is 49.9. The van der Waals surface area contributed by atoms with Gasteiger partial charge in [-0.3, -0.25) is 19.2 Å². The fourth-order valence-corrected chi connectivity index (χ4v) is 8.33. The van der Waals surface area contributed by atoms with E-state index in [9.17, 15) is 19.2 Å². The summed E-state index contributed by atoms with van der Waals surface area (Å²) < 4.78 is 5.79. The Morgan fingerprint density at radius 1 is 1.03 bits per heavy atom. The van der Waals surface area contributed by atoms with Gasteiger partial charge in [0, 0.05) is 35.7 Å². The van der Waals surface area contributed by atoms with Crippen LogP contribution in [0.2, 0.25) is 0 Å². The maximum absolute atomic E-state index is 13.2. The molecule has 0 aromatic rings. The van der Waals surface area contributed by atoms with Crippen LogP contribution in [0.4, 0.5) is 0 Å². The first kappa shape index (κ1) is 19.2. The maximum atomic E-state index is 13.2. The lowest BCUT2D eigenvalue weighted by Gasteiger charge is -2.58. The lowest BCUT2D eigenvalue weighted by Crippen LogP contribution is -2.59. The Morgan fingerprint density at radius 2 is 1.72 bits per heavy atom. The molecule has 29 heavy (non-hydrogen) atoms. The van der Waals surface area contributed by atoms with Gasteiger partial charge in [0.05, 0.1) is 0 Å². The van der Waals surface area contributed by atoms with E-state index in [0.717, 1.165) is 31.3 Å². The number of esters is 1. The highest BCUT2D eigenvalue weighted by Gasteiger charge is 2.71. The van der Waals surface area contributed by atoms with Crippen molar-refractivity contribution in [3.63, 3.8) is 0 Å². The molecule has 5 aliphatic carbocycles. The molecule has 8 atom stereocenters. The summed E-state index contributed by atoms with van der Waals surface area (Å²) in [6.45, 7) is 7.24. The Kier molecular flexibility index (Phi) is 3.76. The molecular formula is C24H30O5. The molecule has 0 amide bonds. The smallest absolute Gasteiger partial charge is 0.303 e. The van der Waals surface area contributed by atoms with E-state index in [2.05, 4.69) is 13.8 Å². The van der Waals surface area contributed by atoms with E-state index < -0.39 is 17.0 Å². The Bertz CT molecular complexity index is 886. The van der Waals surface area contributed by atoms with Gasteiger partial charge in [0.1, 0.15) is 0 Å². The molecule has 0 unspecified atom stereocenters. The van der Waals surface area contributed by atoms with Crippen LogP contribution >= 0.6 is 0 Å². The van der Waals surface area contributed by atoms with Gasteiger partial charge in [0.25, 0.3) is 0 Å². The van der Waals surface area contributed by atoms with Gasteiger partial charge in [-0.1, -0.05) is 13.8 Å². The van der Waals surface area contributed by atoms with E-state index in [4.69, 9.17) is 4.74 Å². The number of carbonyl (C=O) groups is 4.